The molecule has 1 aromatic heterocycles. The Balaban J connectivity index is 0.000000771. The van der Waals surface area contributed by atoms with E-state index in [1.54, 1.807) is 5.38 Å². The van der Waals surface area contributed by atoms with Crippen LogP contribution in [0.3, 0.4) is 0 Å². The van der Waals surface area contributed by atoms with Gasteiger partial charge in [-0.1, -0.05) is 0 Å². The fourth-order valence-corrected chi connectivity index (χ4v) is 2.88. The summed E-state index contributed by atoms with van der Waals surface area (Å²) in [7, 11) is -3.56. The number of carbonyl (C=O) groups is 1. The molecule has 1 aromatic carbocycles. The SMILES string of the molecule is C=O.Nc1ccc(S(=O)(=O)Nc2nccs2)cc1. The van der Waals surface area contributed by atoms with Crippen LogP contribution in [-0.4, -0.2) is 20.2 Å². The predicted molar refractivity (Wildman–Crippen MR) is 70.9 cm³/mol. The molecule has 18 heavy (non-hydrogen) atoms. The van der Waals surface area contributed by atoms with Crippen molar-refractivity contribution in [2.24, 2.45) is 0 Å². The molecule has 2 rings (SSSR count). The number of carbonyl (C=O) groups excluding carboxylic acids is 1. The van der Waals surface area contributed by atoms with Gasteiger partial charge in [0.15, 0.2) is 5.13 Å². The molecule has 2 aromatic rings. The van der Waals surface area contributed by atoms with E-state index in [-0.39, 0.29) is 4.90 Å². The van der Waals surface area contributed by atoms with Gasteiger partial charge in [-0.3, -0.25) is 4.72 Å². The zero-order chi connectivity index (χ0) is 13.6. The number of rotatable bonds is 3. The molecule has 0 aliphatic carbocycles. The number of aromatic nitrogens is 1. The average molecular weight is 285 g/mol. The molecule has 0 atom stereocenters. The van der Waals surface area contributed by atoms with Gasteiger partial charge in [-0.15, -0.1) is 11.3 Å². The lowest BCUT2D eigenvalue weighted by Crippen LogP contribution is -2.12. The number of nitrogen functional groups attached to an aromatic ring is 1. The van der Waals surface area contributed by atoms with Gasteiger partial charge in [0.25, 0.3) is 10.0 Å². The number of nitrogens with one attached hydrogen (secondary N) is 1. The Morgan fingerprint density at radius 1 is 1.22 bits per heavy atom. The van der Waals surface area contributed by atoms with Gasteiger partial charge in [-0.05, 0) is 24.3 Å². The highest BCUT2D eigenvalue weighted by atomic mass is 32.2. The summed E-state index contributed by atoms with van der Waals surface area (Å²) in [6, 6.07) is 5.98. The maximum Gasteiger partial charge on any atom is 0.263 e. The van der Waals surface area contributed by atoms with Gasteiger partial charge in [0.2, 0.25) is 0 Å². The third kappa shape index (κ3) is 3.54. The summed E-state index contributed by atoms with van der Waals surface area (Å²) in [4.78, 5) is 12.0. The number of sulfonamides is 1. The maximum atomic E-state index is 11.8. The molecule has 8 heteroatoms. The highest BCUT2D eigenvalue weighted by Gasteiger charge is 2.14. The molecule has 0 amide bonds. The second-order valence-electron chi connectivity index (χ2n) is 3.01. The van der Waals surface area contributed by atoms with Crippen molar-refractivity contribution in [3.05, 3.63) is 35.8 Å². The molecule has 0 saturated heterocycles. The van der Waals surface area contributed by atoms with E-state index in [2.05, 4.69) is 9.71 Å². The molecule has 0 radical (unpaired) electrons. The van der Waals surface area contributed by atoms with Crippen molar-refractivity contribution in [2.75, 3.05) is 10.5 Å². The molecule has 0 unspecified atom stereocenters. The number of thiazole rings is 1. The van der Waals surface area contributed by atoms with Gasteiger partial charge in [-0.2, -0.15) is 0 Å². The lowest BCUT2D eigenvalue weighted by Gasteiger charge is -2.04. The summed E-state index contributed by atoms with van der Waals surface area (Å²) in [5, 5.41) is 2.04. The molecule has 6 nitrogen and oxygen atoms in total. The van der Waals surface area contributed by atoms with Crippen LogP contribution in [0.25, 0.3) is 0 Å². The Kier molecular flexibility index (Phi) is 4.81. The minimum atomic E-state index is -3.56. The molecule has 1 heterocycles. The Morgan fingerprint density at radius 2 is 1.83 bits per heavy atom. The summed E-state index contributed by atoms with van der Waals surface area (Å²) in [5.41, 5.74) is 6.00. The Hall–Kier alpha value is -1.93. The summed E-state index contributed by atoms with van der Waals surface area (Å²) in [6.07, 6.45) is 1.53. The number of hydrogen-bond acceptors (Lipinski definition) is 6. The van der Waals surface area contributed by atoms with Crippen molar-refractivity contribution in [1.82, 2.24) is 4.98 Å². The van der Waals surface area contributed by atoms with Gasteiger partial charge in [0.1, 0.15) is 6.79 Å². The average Bonchev–Trinajstić information content (AvgIpc) is 2.84. The molecule has 0 spiro atoms. The second-order valence-corrected chi connectivity index (χ2v) is 5.59. The molecule has 0 aliphatic heterocycles. The van der Waals surface area contributed by atoms with Crippen LogP contribution < -0.4 is 10.5 Å². The smallest absolute Gasteiger partial charge is 0.263 e. The summed E-state index contributed by atoms with van der Waals surface area (Å²) in [6.45, 7) is 2.00. The van der Waals surface area contributed by atoms with Crippen LogP contribution in [0.1, 0.15) is 0 Å². The van der Waals surface area contributed by atoms with E-state index in [1.807, 2.05) is 6.79 Å². The van der Waals surface area contributed by atoms with Gasteiger partial charge in [0.05, 0.1) is 4.90 Å². The third-order valence-corrected chi connectivity index (χ3v) is 4.02. The fraction of sp³-hybridized carbons (Fsp3) is 0. The van der Waals surface area contributed by atoms with E-state index < -0.39 is 10.0 Å². The van der Waals surface area contributed by atoms with Gasteiger partial charge >= 0.3 is 0 Å². The van der Waals surface area contributed by atoms with E-state index in [4.69, 9.17) is 10.5 Å². The van der Waals surface area contributed by atoms with Crippen molar-refractivity contribution < 1.29 is 13.2 Å². The Labute approximate surface area is 109 Å². The zero-order valence-electron chi connectivity index (χ0n) is 9.24. The maximum absolute atomic E-state index is 11.8. The van der Waals surface area contributed by atoms with Crippen molar-refractivity contribution in [3.8, 4) is 0 Å². The Morgan fingerprint density at radius 3 is 2.33 bits per heavy atom. The van der Waals surface area contributed by atoms with Crippen LogP contribution in [0, 0.1) is 0 Å². The number of nitrogens with two attached hydrogens (primary N) is 1. The van der Waals surface area contributed by atoms with Crippen LogP contribution >= 0.6 is 11.3 Å². The minimum absolute atomic E-state index is 0.164. The van der Waals surface area contributed by atoms with Crippen molar-refractivity contribution in [3.63, 3.8) is 0 Å². The van der Waals surface area contributed by atoms with Gasteiger partial charge in [0, 0.05) is 17.3 Å². The van der Waals surface area contributed by atoms with Crippen LogP contribution in [0.4, 0.5) is 10.8 Å². The first-order valence-electron chi connectivity index (χ1n) is 4.65. The largest absolute Gasteiger partial charge is 0.399 e. The standard InChI is InChI=1S/C9H9N3O2S2.CH2O/c10-7-1-3-8(4-2-7)16(13,14)12-9-11-5-6-15-9;1-2/h1-6H,10H2,(H,11,12);1H2. The molecule has 0 aliphatic rings. The fourth-order valence-electron chi connectivity index (χ4n) is 1.09. The number of hydrogen-bond donors (Lipinski definition) is 2. The molecule has 96 valence electrons. The molecular formula is C10H11N3O3S2. The van der Waals surface area contributed by atoms with Crippen LogP contribution in [-0.2, 0) is 14.8 Å². The third-order valence-electron chi connectivity index (χ3n) is 1.84. The highest BCUT2D eigenvalue weighted by molar-refractivity contribution is 7.93. The number of nitrogens with zero attached hydrogens (tertiary/aromatic N) is 1. The second kappa shape index (κ2) is 6.12. The lowest BCUT2D eigenvalue weighted by molar-refractivity contribution is -0.0979. The zero-order valence-corrected chi connectivity index (χ0v) is 10.9. The van der Waals surface area contributed by atoms with E-state index in [1.165, 1.54) is 41.8 Å². The predicted octanol–water partition coefficient (Wildman–Crippen LogP) is 1.34. The van der Waals surface area contributed by atoms with E-state index in [0.29, 0.717) is 10.8 Å². The summed E-state index contributed by atoms with van der Waals surface area (Å²) < 4.78 is 26.0. The first-order chi connectivity index (χ1) is 8.58. The van der Waals surface area contributed by atoms with Crippen LogP contribution in [0.5, 0.6) is 0 Å². The number of anilines is 2. The molecule has 0 bridgehead atoms. The quantitative estimate of drug-likeness (QED) is 0.828. The van der Waals surface area contributed by atoms with Crippen LogP contribution in [0.2, 0.25) is 0 Å². The van der Waals surface area contributed by atoms with Crippen molar-refractivity contribution >= 4 is 39.0 Å². The first-order valence-corrected chi connectivity index (χ1v) is 7.01. The number of benzene rings is 1. The van der Waals surface area contributed by atoms with Gasteiger partial charge < -0.3 is 10.5 Å². The molecular weight excluding hydrogens is 274 g/mol. The normalized spacial score (nSPS) is 10.2. The monoisotopic (exact) mass is 285 g/mol. The van der Waals surface area contributed by atoms with Crippen LogP contribution in [0.15, 0.2) is 40.7 Å². The highest BCUT2D eigenvalue weighted by Crippen LogP contribution is 2.18. The van der Waals surface area contributed by atoms with E-state index >= 15 is 0 Å². The minimum Gasteiger partial charge on any atom is -0.399 e. The first kappa shape index (κ1) is 14.1. The molecule has 0 fully saturated rings. The molecule has 3 N–H and O–H groups in total. The van der Waals surface area contributed by atoms with Crippen molar-refractivity contribution in [1.29, 1.82) is 0 Å². The topological polar surface area (TPSA) is 102 Å². The molecule has 0 saturated carbocycles. The van der Waals surface area contributed by atoms with E-state index in [0.717, 1.165) is 0 Å². The van der Waals surface area contributed by atoms with E-state index in [9.17, 15) is 8.42 Å². The Bertz CT molecular complexity index is 579. The van der Waals surface area contributed by atoms with Crippen molar-refractivity contribution in [2.45, 2.75) is 4.90 Å². The summed E-state index contributed by atoms with van der Waals surface area (Å²) in [5.74, 6) is 0. The lowest BCUT2D eigenvalue weighted by atomic mass is 10.3. The summed E-state index contributed by atoms with van der Waals surface area (Å²) >= 11 is 1.22. The van der Waals surface area contributed by atoms with Gasteiger partial charge in [-0.25, -0.2) is 13.4 Å².